The molecule has 0 aliphatic heterocycles. The van der Waals surface area contributed by atoms with Gasteiger partial charge in [-0.25, -0.2) is 0 Å². The molecule has 0 atom stereocenters. The van der Waals surface area contributed by atoms with Crippen LogP contribution >= 0.6 is 0 Å². The van der Waals surface area contributed by atoms with Crippen molar-refractivity contribution in [2.45, 2.75) is 20.8 Å². The third-order valence-electron chi connectivity index (χ3n) is 1.86. The second-order valence-corrected chi connectivity index (χ2v) is 2.73. The Kier molecular flexibility index (Phi) is 3.57. The second kappa shape index (κ2) is 4.70. The summed E-state index contributed by atoms with van der Waals surface area (Å²) in [6.07, 6.45) is 0. The lowest BCUT2D eigenvalue weighted by atomic mass is 10.2. The van der Waals surface area contributed by atoms with Crippen molar-refractivity contribution in [1.29, 1.82) is 0 Å². The number of hydrogen-bond donors (Lipinski definition) is 0. The van der Waals surface area contributed by atoms with E-state index in [0.29, 0.717) is 0 Å². The van der Waals surface area contributed by atoms with E-state index in [4.69, 9.17) is 9.15 Å². The van der Waals surface area contributed by atoms with Gasteiger partial charge in [0.2, 0.25) is 0 Å². The summed E-state index contributed by atoms with van der Waals surface area (Å²) >= 11 is 0. The molecule has 0 N–H and O–H groups in total. The molecular weight excluding hydrogens is 176 g/mol. The van der Waals surface area contributed by atoms with E-state index in [1.807, 2.05) is 45.0 Å². The van der Waals surface area contributed by atoms with Gasteiger partial charge in [0.1, 0.15) is 17.1 Å². The van der Waals surface area contributed by atoms with Crippen molar-refractivity contribution in [2.75, 3.05) is 7.11 Å². The van der Waals surface area contributed by atoms with Gasteiger partial charge in [-0.05, 0) is 25.1 Å². The fraction of sp³-hybridized carbons (Fsp3) is 0.333. The number of rotatable bonds is 1. The summed E-state index contributed by atoms with van der Waals surface area (Å²) in [7, 11) is 1.66. The van der Waals surface area contributed by atoms with Gasteiger partial charge in [-0.2, -0.15) is 0 Å². The Bertz CT molecular complexity index is 402. The van der Waals surface area contributed by atoms with Gasteiger partial charge in [0.15, 0.2) is 0 Å². The highest BCUT2D eigenvalue weighted by atomic mass is 16.5. The van der Waals surface area contributed by atoms with Gasteiger partial charge in [0, 0.05) is 0 Å². The molecule has 0 saturated heterocycles. The first-order valence-corrected chi connectivity index (χ1v) is 4.84. The highest BCUT2D eigenvalue weighted by Gasteiger charge is 2.04. The highest BCUT2D eigenvalue weighted by Crippen LogP contribution is 2.27. The average Bonchev–Trinajstić information content (AvgIpc) is 2.60. The molecule has 2 rings (SSSR count). The summed E-state index contributed by atoms with van der Waals surface area (Å²) < 4.78 is 10.6. The third-order valence-corrected chi connectivity index (χ3v) is 1.86. The molecule has 0 saturated carbocycles. The Morgan fingerprint density at radius 1 is 1.21 bits per heavy atom. The Labute approximate surface area is 84.5 Å². The number of fused-ring (bicyclic) bond motifs is 1. The Hall–Kier alpha value is -1.44. The standard InChI is InChI=1S/C10H10O2.C2H6/c1-7-6-8-9(11-2)4-3-5-10(8)12-7;1-2/h3-6H,1-2H3;1-2H3. The van der Waals surface area contributed by atoms with Gasteiger partial charge in [-0.1, -0.05) is 19.9 Å². The lowest BCUT2D eigenvalue weighted by molar-refractivity contribution is 0.419. The van der Waals surface area contributed by atoms with Crippen LogP contribution in [0.5, 0.6) is 5.75 Å². The Morgan fingerprint density at radius 2 is 1.93 bits per heavy atom. The maximum absolute atomic E-state index is 5.43. The van der Waals surface area contributed by atoms with E-state index < -0.39 is 0 Å². The molecule has 0 bridgehead atoms. The minimum atomic E-state index is 0.865. The summed E-state index contributed by atoms with van der Waals surface area (Å²) in [5, 5.41) is 1.04. The molecule has 0 radical (unpaired) electrons. The van der Waals surface area contributed by atoms with E-state index in [2.05, 4.69) is 0 Å². The van der Waals surface area contributed by atoms with Crippen molar-refractivity contribution >= 4 is 11.0 Å². The maximum Gasteiger partial charge on any atom is 0.137 e. The van der Waals surface area contributed by atoms with Gasteiger partial charge in [0.05, 0.1) is 12.5 Å². The number of aryl methyl sites for hydroxylation is 1. The Morgan fingerprint density at radius 3 is 2.57 bits per heavy atom. The highest BCUT2D eigenvalue weighted by molar-refractivity contribution is 5.84. The molecule has 1 aromatic heterocycles. The zero-order valence-electron chi connectivity index (χ0n) is 9.13. The third kappa shape index (κ3) is 1.90. The molecule has 14 heavy (non-hydrogen) atoms. The molecule has 1 heterocycles. The molecular formula is C12H16O2. The van der Waals surface area contributed by atoms with Gasteiger partial charge in [-0.3, -0.25) is 0 Å². The molecule has 0 aliphatic rings. The summed E-state index contributed by atoms with van der Waals surface area (Å²) in [5.74, 6) is 1.78. The average molecular weight is 192 g/mol. The van der Waals surface area contributed by atoms with Gasteiger partial charge < -0.3 is 9.15 Å². The van der Waals surface area contributed by atoms with Crippen LogP contribution in [0.25, 0.3) is 11.0 Å². The van der Waals surface area contributed by atoms with Crippen LogP contribution in [0.15, 0.2) is 28.7 Å². The van der Waals surface area contributed by atoms with E-state index in [9.17, 15) is 0 Å². The summed E-state index contributed by atoms with van der Waals surface area (Å²) in [5.41, 5.74) is 0.881. The van der Waals surface area contributed by atoms with E-state index in [1.54, 1.807) is 7.11 Å². The smallest absolute Gasteiger partial charge is 0.137 e. The normalized spacial score (nSPS) is 9.43. The molecule has 0 spiro atoms. The second-order valence-electron chi connectivity index (χ2n) is 2.73. The van der Waals surface area contributed by atoms with Crippen LogP contribution in [0.3, 0.4) is 0 Å². The van der Waals surface area contributed by atoms with Crippen LogP contribution < -0.4 is 4.74 Å². The quantitative estimate of drug-likeness (QED) is 0.686. The number of hydrogen-bond acceptors (Lipinski definition) is 2. The van der Waals surface area contributed by atoms with Crippen LogP contribution in [0.2, 0.25) is 0 Å². The fourth-order valence-electron chi connectivity index (χ4n) is 1.34. The molecule has 2 heteroatoms. The molecule has 1 aromatic carbocycles. The van der Waals surface area contributed by atoms with Crippen molar-refractivity contribution in [3.8, 4) is 5.75 Å². The van der Waals surface area contributed by atoms with Crippen LogP contribution in [0.4, 0.5) is 0 Å². The minimum absolute atomic E-state index is 0.865. The lowest BCUT2D eigenvalue weighted by Crippen LogP contribution is -1.81. The van der Waals surface area contributed by atoms with Crippen molar-refractivity contribution < 1.29 is 9.15 Å². The predicted octanol–water partition coefficient (Wildman–Crippen LogP) is 3.78. The molecule has 0 aliphatic carbocycles. The molecule has 0 fully saturated rings. The van der Waals surface area contributed by atoms with Crippen LogP contribution in [-0.4, -0.2) is 7.11 Å². The molecule has 0 unspecified atom stereocenters. The van der Waals surface area contributed by atoms with Crippen molar-refractivity contribution in [1.82, 2.24) is 0 Å². The summed E-state index contributed by atoms with van der Waals surface area (Å²) in [6, 6.07) is 7.76. The topological polar surface area (TPSA) is 22.4 Å². The fourth-order valence-corrected chi connectivity index (χ4v) is 1.34. The van der Waals surface area contributed by atoms with E-state index >= 15 is 0 Å². The lowest BCUT2D eigenvalue weighted by Gasteiger charge is -1.98. The van der Waals surface area contributed by atoms with Crippen molar-refractivity contribution in [3.05, 3.63) is 30.0 Å². The maximum atomic E-state index is 5.43. The van der Waals surface area contributed by atoms with Crippen LogP contribution in [0, 0.1) is 6.92 Å². The number of furan rings is 1. The summed E-state index contributed by atoms with van der Waals surface area (Å²) in [6.45, 7) is 5.93. The SMILES string of the molecule is CC.COc1cccc2oc(C)cc12. The minimum Gasteiger partial charge on any atom is -0.496 e. The number of ether oxygens (including phenoxy) is 1. The van der Waals surface area contributed by atoms with Crippen LogP contribution in [-0.2, 0) is 0 Å². The van der Waals surface area contributed by atoms with Crippen molar-refractivity contribution in [3.63, 3.8) is 0 Å². The molecule has 2 aromatic rings. The van der Waals surface area contributed by atoms with E-state index in [-0.39, 0.29) is 0 Å². The molecule has 0 amide bonds. The zero-order chi connectivity index (χ0) is 10.6. The summed E-state index contributed by atoms with van der Waals surface area (Å²) in [4.78, 5) is 0. The number of benzene rings is 1. The first-order chi connectivity index (χ1) is 6.81. The monoisotopic (exact) mass is 192 g/mol. The van der Waals surface area contributed by atoms with E-state index in [1.165, 1.54) is 0 Å². The van der Waals surface area contributed by atoms with Crippen LogP contribution in [0.1, 0.15) is 19.6 Å². The molecule has 2 nitrogen and oxygen atoms in total. The molecule has 76 valence electrons. The van der Waals surface area contributed by atoms with Gasteiger partial charge in [0.25, 0.3) is 0 Å². The van der Waals surface area contributed by atoms with Gasteiger partial charge >= 0.3 is 0 Å². The Balaban J connectivity index is 0.000000461. The largest absolute Gasteiger partial charge is 0.496 e. The van der Waals surface area contributed by atoms with E-state index in [0.717, 1.165) is 22.5 Å². The zero-order valence-corrected chi connectivity index (χ0v) is 9.13. The predicted molar refractivity (Wildman–Crippen MR) is 58.9 cm³/mol. The first kappa shape index (κ1) is 10.6. The van der Waals surface area contributed by atoms with Crippen molar-refractivity contribution in [2.24, 2.45) is 0 Å². The number of methoxy groups -OCH3 is 1. The van der Waals surface area contributed by atoms with Gasteiger partial charge in [-0.15, -0.1) is 0 Å². The first-order valence-electron chi connectivity index (χ1n) is 4.84.